The van der Waals surface area contributed by atoms with Gasteiger partial charge in [-0.05, 0) is 18.1 Å². The highest BCUT2D eigenvalue weighted by molar-refractivity contribution is 5.39. The van der Waals surface area contributed by atoms with Crippen LogP contribution in [-0.4, -0.2) is 10.1 Å². The topological polar surface area (TPSA) is 59.1 Å². The molecule has 1 aromatic rings. The van der Waals surface area contributed by atoms with Crippen molar-refractivity contribution in [3.05, 3.63) is 23.4 Å². The number of aliphatic hydroxyl groups excluding tert-OH is 1. The van der Waals surface area contributed by atoms with E-state index in [1.807, 2.05) is 13.0 Å². The fraction of sp³-hybridized carbons (Fsp3) is 0.375. The number of nitrogen functional groups attached to an aromatic ring is 1. The van der Waals surface area contributed by atoms with Crippen LogP contribution in [0.1, 0.15) is 18.2 Å². The second kappa shape index (κ2) is 3.34. The number of aryl methyl sites for hydroxylation is 1. The lowest BCUT2D eigenvalue weighted by Gasteiger charge is -2.02. The number of hydrogen-bond acceptors (Lipinski definition) is 3. The quantitative estimate of drug-likeness (QED) is 0.656. The zero-order chi connectivity index (χ0) is 8.27. The third-order valence-electron chi connectivity index (χ3n) is 1.61. The van der Waals surface area contributed by atoms with E-state index in [0.717, 1.165) is 12.0 Å². The average Bonchev–Trinajstić information content (AvgIpc) is 2.04. The van der Waals surface area contributed by atoms with Gasteiger partial charge in [0.15, 0.2) is 0 Å². The Morgan fingerprint density at radius 1 is 1.55 bits per heavy atom. The number of nitrogens with two attached hydrogens (primary N) is 1. The normalized spacial score (nSPS) is 10.0. The van der Waals surface area contributed by atoms with Crippen LogP contribution < -0.4 is 5.73 Å². The van der Waals surface area contributed by atoms with Gasteiger partial charge < -0.3 is 10.8 Å². The van der Waals surface area contributed by atoms with Crippen molar-refractivity contribution in [3.8, 4) is 0 Å². The molecule has 0 aromatic carbocycles. The number of aromatic nitrogens is 1. The summed E-state index contributed by atoms with van der Waals surface area (Å²) in [5.41, 5.74) is 7.24. The van der Waals surface area contributed by atoms with Crippen molar-refractivity contribution >= 4 is 5.82 Å². The third kappa shape index (κ3) is 1.68. The standard InChI is InChI=1S/C8H12N2O/c1-2-6-3-4-7(5-11)10-8(6)9/h3-4,11H,2,5H2,1H3,(H2,9,10). The SMILES string of the molecule is CCc1ccc(CO)nc1N. The van der Waals surface area contributed by atoms with Crippen molar-refractivity contribution in [1.29, 1.82) is 0 Å². The lowest BCUT2D eigenvalue weighted by molar-refractivity contribution is 0.277. The molecule has 0 fully saturated rings. The Hall–Kier alpha value is -1.09. The predicted octanol–water partition coefficient (Wildman–Crippen LogP) is 0.719. The molecule has 0 atom stereocenters. The van der Waals surface area contributed by atoms with Crippen LogP contribution in [0.2, 0.25) is 0 Å². The van der Waals surface area contributed by atoms with Gasteiger partial charge in [-0.2, -0.15) is 0 Å². The number of aliphatic hydroxyl groups is 1. The van der Waals surface area contributed by atoms with Crippen molar-refractivity contribution in [3.63, 3.8) is 0 Å². The molecule has 0 aliphatic carbocycles. The van der Waals surface area contributed by atoms with Gasteiger partial charge in [0, 0.05) is 0 Å². The fourth-order valence-electron chi connectivity index (χ4n) is 0.933. The molecular weight excluding hydrogens is 140 g/mol. The van der Waals surface area contributed by atoms with Crippen LogP contribution in [0.3, 0.4) is 0 Å². The number of nitrogens with zero attached hydrogens (tertiary/aromatic N) is 1. The largest absolute Gasteiger partial charge is 0.390 e. The number of rotatable bonds is 2. The molecule has 0 aliphatic rings. The molecule has 1 aromatic heterocycles. The van der Waals surface area contributed by atoms with Crippen molar-refractivity contribution in [1.82, 2.24) is 4.98 Å². The van der Waals surface area contributed by atoms with Crippen molar-refractivity contribution < 1.29 is 5.11 Å². The first-order valence-electron chi connectivity index (χ1n) is 3.63. The van der Waals surface area contributed by atoms with Gasteiger partial charge in [0.25, 0.3) is 0 Å². The number of hydrogen-bond donors (Lipinski definition) is 2. The van der Waals surface area contributed by atoms with Crippen LogP contribution in [0, 0.1) is 0 Å². The predicted molar refractivity (Wildman–Crippen MR) is 44.0 cm³/mol. The van der Waals surface area contributed by atoms with Gasteiger partial charge in [-0.25, -0.2) is 4.98 Å². The van der Waals surface area contributed by atoms with E-state index in [9.17, 15) is 0 Å². The molecule has 0 saturated heterocycles. The highest BCUT2D eigenvalue weighted by atomic mass is 16.3. The van der Waals surface area contributed by atoms with Crippen LogP contribution >= 0.6 is 0 Å². The maximum atomic E-state index is 8.71. The first-order valence-corrected chi connectivity index (χ1v) is 3.63. The van der Waals surface area contributed by atoms with Crippen LogP contribution in [0.25, 0.3) is 0 Å². The van der Waals surface area contributed by atoms with Crippen molar-refractivity contribution in [2.24, 2.45) is 0 Å². The molecule has 3 nitrogen and oxygen atoms in total. The van der Waals surface area contributed by atoms with Gasteiger partial charge in [-0.1, -0.05) is 13.0 Å². The molecular formula is C8H12N2O. The molecule has 60 valence electrons. The molecule has 3 heteroatoms. The molecule has 0 spiro atoms. The molecule has 0 bridgehead atoms. The van der Waals surface area contributed by atoms with E-state index in [4.69, 9.17) is 10.8 Å². The van der Waals surface area contributed by atoms with Gasteiger partial charge in [0.1, 0.15) is 5.82 Å². The Morgan fingerprint density at radius 2 is 2.27 bits per heavy atom. The first kappa shape index (κ1) is 8.01. The second-order valence-electron chi connectivity index (χ2n) is 2.36. The molecule has 0 saturated carbocycles. The van der Waals surface area contributed by atoms with Crippen LogP contribution in [0.4, 0.5) is 5.82 Å². The Kier molecular flexibility index (Phi) is 2.44. The Morgan fingerprint density at radius 3 is 2.73 bits per heavy atom. The summed E-state index contributed by atoms with van der Waals surface area (Å²) in [6.07, 6.45) is 0.880. The number of pyridine rings is 1. The minimum Gasteiger partial charge on any atom is -0.390 e. The fourth-order valence-corrected chi connectivity index (χ4v) is 0.933. The van der Waals surface area contributed by atoms with Gasteiger partial charge in [0.05, 0.1) is 12.3 Å². The highest BCUT2D eigenvalue weighted by Gasteiger charge is 1.98. The summed E-state index contributed by atoms with van der Waals surface area (Å²) >= 11 is 0. The van der Waals surface area contributed by atoms with E-state index >= 15 is 0 Å². The van der Waals surface area contributed by atoms with Crippen molar-refractivity contribution in [2.45, 2.75) is 20.0 Å². The zero-order valence-corrected chi connectivity index (χ0v) is 6.54. The summed E-state index contributed by atoms with van der Waals surface area (Å²) in [7, 11) is 0. The first-order chi connectivity index (χ1) is 5.27. The van der Waals surface area contributed by atoms with Crippen LogP contribution in [0.5, 0.6) is 0 Å². The maximum absolute atomic E-state index is 8.71. The average molecular weight is 152 g/mol. The summed E-state index contributed by atoms with van der Waals surface area (Å²) in [6.45, 7) is 1.97. The van der Waals surface area contributed by atoms with E-state index in [0.29, 0.717) is 11.5 Å². The molecule has 1 rings (SSSR count). The summed E-state index contributed by atoms with van der Waals surface area (Å²) in [4.78, 5) is 3.99. The zero-order valence-electron chi connectivity index (χ0n) is 6.54. The molecule has 0 amide bonds. The molecule has 0 aliphatic heterocycles. The van der Waals surface area contributed by atoms with E-state index in [1.165, 1.54) is 0 Å². The molecule has 0 unspecified atom stereocenters. The van der Waals surface area contributed by atoms with Crippen LogP contribution in [0.15, 0.2) is 12.1 Å². The van der Waals surface area contributed by atoms with Gasteiger partial charge in [0.2, 0.25) is 0 Å². The highest BCUT2D eigenvalue weighted by Crippen LogP contribution is 2.09. The van der Waals surface area contributed by atoms with E-state index in [1.54, 1.807) is 6.07 Å². The molecule has 11 heavy (non-hydrogen) atoms. The lowest BCUT2D eigenvalue weighted by Crippen LogP contribution is -1.99. The summed E-state index contributed by atoms with van der Waals surface area (Å²) in [5.74, 6) is 0.527. The minimum absolute atomic E-state index is 0.0474. The Bertz CT molecular complexity index is 248. The van der Waals surface area contributed by atoms with Gasteiger partial charge >= 0.3 is 0 Å². The van der Waals surface area contributed by atoms with Gasteiger partial charge in [-0.15, -0.1) is 0 Å². The van der Waals surface area contributed by atoms with E-state index < -0.39 is 0 Å². The third-order valence-corrected chi connectivity index (χ3v) is 1.61. The monoisotopic (exact) mass is 152 g/mol. The Balaban J connectivity index is 2.99. The second-order valence-corrected chi connectivity index (χ2v) is 2.36. The minimum atomic E-state index is -0.0474. The smallest absolute Gasteiger partial charge is 0.126 e. The van der Waals surface area contributed by atoms with Gasteiger partial charge in [-0.3, -0.25) is 0 Å². The van der Waals surface area contributed by atoms with E-state index in [-0.39, 0.29) is 6.61 Å². The van der Waals surface area contributed by atoms with E-state index in [2.05, 4.69) is 4.98 Å². The summed E-state index contributed by atoms with van der Waals surface area (Å²) in [6, 6.07) is 3.68. The molecule has 0 radical (unpaired) electrons. The van der Waals surface area contributed by atoms with Crippen molar-refractivity contribution in [2.75, 3.05) is 5.73 Å². The maximum Gasteiger partial charge on any atom is 0.126 e. The number of anilines is 1. The molecule has 3 N–H and O–H groups in total. The summed E-state index contributed by atoms with van der Waals surface area (Å²) < 4.78 is 0. The summed E-state index contributed by atoms with van der Waals surface area (Å²) in [5, 5.41) is 8.71. The van der Waals surface area contributed by atoms with Crippen LogP contribution in [-0.2, 0) is 13.0 Å². The lowest BCUT2D eigenvalue weighted by atomic mass is 10.2. The molecule has 1 heterocycles. The Labute approximate surface area is 65.9 Å².